The fourth-order valence-electron chi connectivity index (χ4n) is 1.37. The summed E-state index contributed by atoms with van der Waals surface area (Å²) in [6.45, 7) is 1.93. The summed E-state index contributed by atoms with van der Waals surface area (Å²) in [5.41, 5.74) is 0.825. The monoisotopic (exact) mass is 242 g/mol. The number of nitrogens with two attached hydrogens (primary N) is 1. The molecule has 0 atom stereocenters. The van der Waals surface area contributed by atoms with Crippen LogP contribution in [0.3, 0.4) is 0 Å². The molecule has 0 amide bonds. The van der Waals surface area contributed by atoms with Crippen LogP contribution in [0.1, 0.15) is 25.3 Å². The summed E-state index contributed by atoms with van der Waals surface area (Å²) in [7, 11) is -3.73. The van der Waals surface area contributed by atoms with Crippen LogP contribution in [-0.4, -0.2) is 19.5 Å². The molecule has 0 saturated heterocycles. The van der Waals surface area contributed by atoms with E-state index in [4.69, 9.17) is 9.88 Å². The third kappa shape index (κ3) is 2.51. The average Bonchev–Trinajstić information content (AvgIpc) is 3.00. The van der Waals surface area contributed by atoms with Gasteiger partial charge in [-0.3, -0.25) is 0 Å². The molecule has 0 bridgehead atoms. The lowest BCUT2D eigenvalue weighted by Crippen LogP contribution is -2.14. The van der Waals surface area contributed by atoms with E-state index in [1.54, 1.807) is 0 Å². The van der Waals surface area contributed by atoms with E-state index >= 15 is 0 Å². The van der Waals surface area contributed by atoms with Crippen molar-refractivity contribution in [2.24, 2.45) is 5.14 Å². The Labute approximate surface area is 94.7 Å². The first kappa shape index (κ1) is 11.3. The van der Waals surface area contributed by atoms with Gasteiger partial charge in [0.1, 0.15) is 5.75 Å². The van der Waals surface area contributed by atoms with Gasteiger partial charge in [-0.05, 0) is 30.9 Å². The first-order valence-corrected chi connectivity index (χ1v) is 6.73. The van der Waals surface area contributed by atoms with Gasteiger partial charge in [0, 0.05) is 0 Å². The second-order valence-electron chi connectivity index (χ2n) is 3.85. The first-order chi connectivity index (χ1) is 7.50. The molecule has 1 aliphatic rings. The molecule has 1 fully saturated rings. The van der Waals surface area contributed by atoms with Gasteiger partial charge >= 0.3 is 0 Å². The molecule has 1 aliphatic carbocycles. The minimum absolute atomic E-state index is 0.104. The van der Waals surface area contributed by atoms with Crippen molar-refractivity contribution in [1.82, 2.24) is 4.98 Å². The fraction of sp³-hybridized carbons (Fsp3) is 0.500. The van der Waals surface area contributed by atoms with Crippen LogP contribution in [0.2, 0.25) is 0 Å². The van der Waals surface area contributed by atoms with Crippen molar-refractivity contribution in [2.75, 3.05) is 0 Å². The highest BCUT2D eigenvalue weighted by Gasteiger charge is 2.25. The lowest BCUT2D eigenvalue weighted by atomic mass is 10.2. The van der Waals surface area contributed by atoms with Gasteiger partial charge in [-0.2, -0.15) is 0 Å². The average molecular weight is 242 g/mol. The number of rotatable bonds is 4. The lowest BCUT2D eigenvalue weighted by Gasteiger charge is -2.09. The van der Waals surface area contributed by atoms with Gasteiger partial charge < -0.3 is 4.74 Å². The fourth-order valence-corrected chi connectivity index (χ4v) is 1.87. The molecule has 0 unspecified atom stereocenters. The molecule has 0 aliphatic heterocycles. The summed E-state index contributed by atoms with van der Waals surface area (Å²) in [5, 5.41) is 4.91. The predicted molar refractivity (Wildman–Crippen MR) is 58.6 cm³/mol. The highest BCUT2D eigenvalue weighted by molar-refractivity contribution is 7.89. The number of hydrogen-bond acceptors (Lipinski definition) is 4. The molecule has 0 aromatic carbocycles. The lowest BCUT2D eigenvalue weighted by molar-refractivity contribution is 0.298. The number of aromatic nitrogens is 1. The number of nitrogens with zero attached hydrogens (tertiary/aromatic N) is 1. The van der Waals surface area contributed by atoms with E-state index in [0.29, 0.717) is 12.2 Å². The van der Waals surface area contributed by atoms with Crippen LogP contribution >= 0.6 is 0 Å². The molecule has 0 spiro atoms. The predicted octanol–water partition coefficient (Wildman–Crippen LogP) is 0.833. The van der Waals surface area contributed by atoms with Crippen molar-refractivity contribution in [1.29, 1.82) is 0 Å². The summed E-state index contributed by atoms with van der Waals surface area (Å²) in [4.78, 5) is 3.80. The summed E-state index contributed by atoms with van der Waals surface area (Å²) in [5.74, 6) is 0.664. The molecule has 1 aromatic rings. The Bertz CT molecular complexity index is 495. The van der Waals surface area contributed by atoms with Crippen LogP contribution in [0.25, 0.3) is 0 Å². The molecule has 2 rings (SSSR count). The van der Waals surface area contributed by atoms with Crippen LogP contribution in [0, 0.1) is 0 Å². The van der Waals surface area contributed by atoms with Gasteiger partial charge in [0.25, 0.3) is 10.0 Å². The standard InChI is InChI=1S/C10H14N2O3S/c1-2-7-5-10(16(11,13)14)12-6-9(7)15-8-3-4-8/h5-6,8H,2-4H2,1H3,(H2,11,13,14). The second kappa shape index (κ2) is 4.03. The van der Waals surface area contributed by atoms with Crippen molar-refractivity contribution >= 4 is 10.0 Å². The van der Waals surface area contributed by atoms with E-state index < -0.39 is 10.0 Å². The summed E-state index contributed by atoms with van der Waals surface area (Å²) >= 11 is 0. The third-order valence-corrected chi connectivity index (χ3v) is 3.22. The zero-order chi connectivity index (χ0) is 11.8. The topological polar surface area (TPSA) is 82.3 Å². The van der Waals surface area contributed by atoms with Gasteiger partial charge in [0.2, 0.25) is 0 Å². The Morgan fingerprint density at radius 3 is 2.75 bits per heavy atom. The number of hydrogen-bond donors (Lipinski definition) is 1. The number of aryl methyl sites for hydroxylation is 1. The van der Waals surface area contributed by atoms with E-state index in [9.17, 15) is 8.42 Å². The Hall–Kier alpha value is -1.14. The summed E-state index contributed by atoms with van der Waals surface area (Å²) in [6.07, 6.45) is 4.51. The first-order valence-electron chi connectivity index (χ1n) is 5.19. The molecular weight excluding hydrogens is 228 g/mol. The highest BCUT2D eigenvalue weighted by Crippen LogP contribution is 2.29. The Kier molecular flexibility index (Phi) is 2.86. The van der Waals surface area contributed by atoms with E-state index in [1.807, 2.05) is 6.92 Å². The number of sulfonamides is 1. The molecule has 2 N–H and O–H groups in total. The molecule has 5 nitrogen and oxygen atoms in total. The maximum atomic E-state index is 11.1. The molecule has 88 valence electrons. The molecule has 1 heterocycles. The quantitative estimate of drug-likeness (QED) is 0.847. The SMILES string of the molecule is CCc1cc(S(N)(=O)=O)ncc1OC1CC1. The van der Waals surface area contributed by atoms with Gasteiger partial charge in [0.15, 0.2) is 5.03 Å². The van der Waals surface area contributed by atoms with Crippen LogP contribution in [0.5, 0.6) is 5.75 Å². The van der Waals surface area contributed by atoms with Crippen LogP contribution in [0.15, 0.2) is 17.3 Å². The third-order valence-electron chi connectivity index (χ3n) is 2.41. The zero-order valence-corrected chi connectivity index (χ0v) is 9.83. The van der Waals surface area contributed by atoms with Gasteiger partial charge in [-0.25, -0.2) is 18.5 Å². The van der Waals surface area contributed by atoms with E-state index in [1.165, 1.54) is 12.3 Å². The minimum Gasteiger partial charge on any atom is -0.489 e. The largest absolute Gasteiger partial charge is 0.489 e. The maximum absolute atomic E-state index is 11.1. The van der Waals surface area contributed by atoms with Crippen molar-refractivity contribution in [3.05, 3.63) is 17.8 Å². The Morgan fingerprint density at radius 2 is 2.25 bits per heavy atom. The van der Waals surface area contributed by atoms with E-state index in [0.717, 1.165) is 18.4 Å². The van der Waals surface area contributed by atoms with Crippen molar-refractivity contribution in [3.63, 3.8) is 0 Å². The molecule has 16 heavy (non-hydrogen) atoms. The molecular formula is C10H14N2O3S. The number of pyridine rings is 1. The van der Waals surface area contributed by atoms with E-state index in [-0.39, 0.29) is 11.1 Å². The van der Waals surface area contributed by atoms with Crippen molar-refractivity contribution in [2.45, 2.75) is 37.3 Å². The van der Waals surface area contributed by atoms with Gasteiger partial charge in [-0.1, -0.05) is 6.92 Å². The van der Waals surface area contributed by atoms with Crippen LogP contribution in [-0.2, 0) is 16.4 Å². The number of ether oxygens (including phenoxy) is 1. The van der Waals surface area contributed by atoms with E-state index in [2.05, 4.69) is 4.98 Å². The van der Waals surface area contributed by atoms with Crippen LogP contribution in [0.4, 0.5) is 0 Å². The minimum atomic E-state index is -3.73. The van der Waals surface area contributed by atoms with Crippen molar-refractivity contribution < 1.29 is 13.2 Å². The zero-order valence-electron chi connectivity index (χ0n) is 9.01. The second-order valence-corrected chi connectivity index (χ2v) is 5.35. The normalized spacial score (nSPS) is 16.1. The molecule has 0 radical (unpaired) electrons. The Morgan fingerprint density at radius 1 is 1.56 bits per heavy atom. The number of primary sulfonamides is 1. The van der Waals surface area contributed by atoms with Crippen molar-refractivity contribution in [3.8, 4) is 5.75 Å². The molecule has 1 aromatic heterocycles. The van der Waals surface area contributed by atoms with Gasteiger partial charge in [-0.15, -0.1) is 0 Å². The van der Waals surface area contributed by atoms with Crippen LogP contribution < -0.4 is 9.88 Å². The smallest absolute Gasteiger partial charge is 0.255 e. The summed E-state index contributed by atoms with van der Waals surface area (Å²) < 4.78 is 27.9. The molecule has 1 saturated carbocycles. The van der Waals surface area contributed by atoms with Gasteiger partial charge in [0.05, 0.1) is 12.3 Å². The highest BCUT2D eigenvalue weighted by atomic mass is 32.2. The maximum Gasteiger partial charge on any atom is 0.255 e. The molecule has 6 heteroatoms. The Balaban J connectivity index is 2.33. The summed E-state index contributed by atoms with van der Waals surface area (Å²) in [6, 6.07) is 1.48.